The number of anilines is 1. The molecule has 1 spiro atoms. The maximum absolute atomic E-state index is 12.8. The molecule has 8 heteroatoms. The van der Waals surface area contributed by atoms with Gasteiger partial charge in [-0.2, -0.15) is 13.2 Å². The Labute approximate surface area is 154 Å². The first-order chi connectivity index (χ1) is 12.3. The molecular weight excluding hydrogens is 363 g/mol. The molecule has 26 heavy (non-hydrogen) atoms. The van der Waals surface area contributed by atoms with E-state index in [0.717, 1.165) is 68.7 Å². The van der Waals surface area contributed by atoms with Gasteiger partial charge < -0.3 is 4.90 Å². The van der Waals surface area contributed by atoms with Gasteiger partial charge >= 0.3 is 6.18 Å². The quantitative estimate of drug-likeness (QED) is 0.782. The zero-order chi connectivity index (χ0) is 18.5. The summed E-state index contributed by atoms with van der Waals surface area (Å²) in [5.74, 6) is 1.72. The molecular formula is C18H24F3N3OS. The van der Waals surface area contributed by atoms with Gasteiger partial charge in [0.1, 0.15) is 5.69 Å². The zero-order valence-corrected chi connectivity index (χ0v) is 15.7. The van der Waals surface area contributed by atoms with Crippen molar-refractivity contribution < 1.29 is 17.4 Å². The fourth-order valence-corrected chi connectivity index (χ4v) is 6.42. The number of piperidine rings is 1. The third-order valence-corrected chi connectivity index (χ3v) is 7.97. The number of alkyl halides is 3. The van der Waals surface area contributed by atoms with Crippen LogP contribution in [0.15, 0.2) is 12.3 Å². The van der Waals surface area contributed by atoms with Crippen LogP contribution in [-0.4, -0.2) is 57.8 Å². The van der Waals surface area contributed by atoms with Gasteiger partial charge in [-0.15, -0.1) is 0 Å². The summed E-state index contributed by atoms with van der Waals surface area (Å²) in [5.41, 5.74) is 0.913. The number of pyridine rings is 1. The molecule has 1 aromatic rings. The number of likely N-dealkylation sites (tertiary alicyclic amines) is 1. The van der Waals surface area contributed by atoms with E-state index in [1.807, 2.05) is 0 Å². The highest BCUT2D eigenvalue weighted by Crippen LogP contribution is 2.41. The number of rotatable bonds is 2. The minimum atomic E-state index is -4.40. The highest BCUT2D eigenvalue weighted by molar-refractivity contribution is 7.86. The normalized spacial score (nSPS) is 30.8. The summed E-state index contributed by atoms with van der Waals surface area (Å²) in [5, 5.41) is 0. The van der Waals surface area contributed by atoms with Crippen molar-refractivity contribution in [1.29, 1.82) is 0 Å². The predicted molar refractivity (Wildman–Crippen MR) is 95.7 cm³/mol. The first-order valence-electron chi connectivity index (χ1n) is 9.14. The van der Waals surface area contributed by atoms with Crippen molar-refractivity contribution in [2.24, 2.45) is 5.41 Å². The number of hydrogen-bond acceptors (Lipinski definition) is 4. The molecule has 3 fully saturated rings. The van der Waals surface area contributed by atoms with Crippen LogP contribution in [0.2, 0.25) is 0 Å². The Hall–Kier alpha value is -1.15. The van der Waals surface area contributed by atoms with Crippen molar-refractivity contribution in [3.8, 4) is 0 Å². The monoisotopic (exact) mass is 387 g/mol. The average molecular weight is 387 g/mol. The van der Waals surface area contributed by atoms with Gasteiger partial charge in [-0.05, 0) is 44.4 Å². The van der Waals surface area contributed by atoms with Crippen molar-refractivity contribution in [1.82, 2.24) is 9.88 Å². The molecule has 4 rings (SSSR count). The number of aryl methyl sites for hydroxylation is 1. The van der Waals surface area contributed by atoms with Gasteiger partial charge in [0, 0.05) is 53.4 Å². The Morgan fingerprint density at radius 2 is 1.92 bits per heavy atom. The first-order valence-corrected chi connectivity index (χ1v) is 10.6. The van der Waals surface area contributed by atoms with Crippen LogP contribution >= 0.6 is 0 Å². The van der Waals surface area contributed by atoms with E-state index in [9.17, 15) is 17.4 Å². The van der Waals surface area contributed by atoms with Crippen molar-refractivity contribution in [3.63, 3.8) is 0 Å². The molecule has 0 aromatic carbocycles. The number of nitrogens with zero attached hydrogens (tertiary/aromatic N) is 3. The van der Waals surface area contributed by atoms with Crippen LogP contribution in [0, 0.1) is 12.3 Å². The Bertz CT molecular complexity index is 708. The van der Waals surface area contributed by atoms with Gasteiger partial charge in [0.05, 0.1) is 11.9 Å². The van der Waals surface area contributed by atoms with Gasteiger partial charge in [0.15, 0.2) is 0 Å². The van der Waals surface area contributed by atoms with Gasteiger partial charge in [-0.3, -0.25) is 9.11 Å². The van der Waals surface area contributed by atoms with Gasteiger partial charge in [-0.25, -0.2) is 4.98 Å². The Kier molecular flexibility index (Phi) is 4.54. The second-order valence-corrected chi connectivity index (χ2v) is 9.48. The van der Waals surface area contributed by atoms with Crippen molar-refractivity contribution >= 4 is 16.5 Å². The molecule has 0 atom stereocenters. The fourth-order valence-electron chi connectivity index (χ4n) is 4.66. The first kappa shape index (κ1) is 18.2. The number of aromatic nitrogens is 1. The summed E-state index contributed by atoms with van der Waals surface area (Å²) < 4.78 is 49.8. The third kappa shape index (κ3) is 3.38. The highest BCUT2D eigenvalue weighted by atomic mass is 32.2. The van der Waals surface area contributed by atoms with E-state index in [1.165, 1.54) is 6.20 Å². The van der Waals surface area contributed by atoms with Crippen LogP contribution in [-0.2, 0) is 17.0 Å². The van der Waals surface area contributed by atoms with E-state index in [0.29, 0.717) is 17.0 Å². The smallest absolute Gasteiger partial charge is 0.370 e. The van der Waals surface area contributed by atoms with E-state index in [2.05, 4.69) is 14.8 Å². The topological polar surface area (TPSA) is 36.4 Å². The maximum atomic E-state index is 12.8. The van der Waals surface area contributed by atoms with Crippen LogP contribution in [0.5, 0.6) is 0 Å². The Balaban J connectivity index is 1.36. The van der Waals surface area contributed by atoms with E-state index < -0.39 is 22.7 Å². The summed E-state index contributed by atoms with van der Waals surface area (Å²) in [6.45, 7) is 5.55. The molecule has 0 bridgehead atoms. The molecule has 3 aliphatic rings. The average Bonchev–Trinajstić information content (AvgIpc) is 2.99. The predicted octanol–water partition coefficient (Wildman–Crippen LogP) is 2.83. The molecule has 0 aliphatic carbocycles. The SMILES string of the molecule is Cc1cc(C(F)(F)F)ncc1N1CCC(N2CCC3(C2)CS(=O)C3)CC1. The van der Waals surface area contributed by atoms with E-state index >= 15 is 0 Å². The molecule has 4 heterocycles. The van der Waals surface area contributed by atoms with E-state index in [-0.39, 0.29) is 0 Å². The van der Waals surface area contributed by atoms with Crippen molar-refractivity contribution in [2.75, 3.05) is 42.6 Å². The van der Waals surface area contributed by atoms with Crippen LogP contribution < -0.4 is 4.90 Å². The van der Waals surface area contributed by atoms with Gasteiger partial charge in [0.25, 0.3) is 0 Å². The molecule has 4 nitrogen and oxygen atoms in total. The lowest BCUT2D eigenvalue weighted by Gasteiger charge is -2.41. The molecule has 0 N–H and O–H groups in total. The largest absolute Gasteiger partial charge is 0.433 e. The van der Waals surface area contributed by atoms with E-state index in [1.54, 1.807) is 6.92 Å². The molecule has 0 unspecified atom stereocenters. The molecule has 0 amide bonds. The summed E-state index contributed by atoms with van der Waals surface area (Å²) in [4.78, 5) is 8.32. The van der Waals surface area contributed by atoms with Crippen LogP contribution in [0.3, 0.4) is 0 Å². The fraction of sp³-hybridized carbons (Fsp3) is 0.722. The second-order valence-electron chi connectivity index (χ2n) is 8.02. The van der Waals surface area contributed by atoms with Crippen molar-refractivity contribution in [3.05, 3.63) is 23.5 Å². The maximum Gasteiger partial charge on any atom is 0.433 e. The lowest BCUT2D eigenvalue weighted by Crippen LogP contribution is -2.49. The third-order valence-electron chi connectivity index (χ3n) is 6.10. The van der Waals surface area contributed by atoms with Gasteiger partial charge in [-0.1, -0.05) is 0 Å². The summed E-state index contributed by atoms with van der Waals surface area (Å²) in [6.07, 6.45) is 0.153. The molecule has 0 radical (unpaired) electrons. The van der Waals surface area contributed by atoms with Crippen molar-refractivity contribution in [2.45, 2.75) is 38.4 Å². The minimum absolute atomic E-state index is 0.302. The summed E-state index contributed by atoms with van der Waals surface area (Å²) in [6, 6.07) is 1.67. The summed E-state index contributed by atoms with van der Waals surface area (Å²) in [7, 11) is -0.605. The van der Waals surface area contributed by atoms with Gasteiger partial charge in [0.2, 0.25) is 0 Å². The molecule has 144 valence electrons. The second kappa shape index (κ2) is 6.48. The lowest BCUT2D eigenvalue weighted by molar-refractivity contribution is -0.141. The number of hydrogen-bond donors (Lipinski definition) is 0. The highest BCUT2D eigenvalue weighted by Gasteiger charge is 2.48. The zero-order valence-electron chi connectivity index (χ0n) is 14.9. The molecule has 0 saturated carbocycles. The van der Waals surface area contributed by atoms with Crippen LogP contribution in [0.4, 0.5) is 18.9 Å². The van der Waals surface area contributed by atoms with E-state index in [4.69, 9.17) is 0 Å². The molecule has 1 aromatic heterocycles. The summed E-state index contributed by atoms with van der Waals surface area (Å²) >= 11 is 0. The Morgan fingerprint density at radius 3 is 2.50 bits per heavy atom. The standard InChI is InChI=1S/C18H24F3N3OS/c1-13-8-16(18(19,20)21)22-9-15(13)23-5-2-14(3-6-23)24-7-4-17(10-24)11-26(25)12-17/h8-9,14H,2-7,10-12H2,1H3. The molecule has 3 saturated heterocycles. The lowest BCUT2D eigenvalue weighted by atomic mass is 9.91. The molecule has 3 aliphatic heterocycles. The Morgan fingerprint density at radius 1 is 1.23 bits per heavy atom. The van der Waals surface area contributed by atoms with Crippen LogP contribution in [0.1, 0.15) is 30.5 Å². The van der Waals surface area contributed by atoms with Crippen LogP contribution in [0.25, 0.3) is 0 Å². The minimum Gasteiger partial charge on any atom is -0.370 e. The number of halogens is 3.